The molecule has 3 heteroatoms. The minimum Gasteiger partial charge on any atom is -0.346 e. The molecule has 1 atom stereocenters. The van der Waals surface area contributed by atoms with Gasteiger partial charge in [0.15, 0.2) is 5.78 Å². The molecule has 0 bridgehead atoms. The Labute approximate surface area is 102 Å². The van der Waals surface area contributed by atoms with Gasteiger partial charge in [-0.3, -0.25) is 9.59 Å². The van der Waals surface area contributed by atoms with Crippen LogP contribution in [0.15, 0.2) is 24.3 Å². The van der Waals surface area contributed by atoms with Crippen LogP contribution < -0.4 is 5.32 Å². The van der Waals surface area contributed by atoms with Crippen LogP contribution in [0.25, 0.3) is 0 Å². The van der Waals surface area contributed by atoms with E-state index >= 15 is 0 Å². The standard InChI is InChI=1S/C14H19NO2/c1-4-13(16)11(3)15-14(17)9-12-7-5-10(2)6-8-12/h5-8,11H,4,9H2,1-3H3,(H,15,17). The van der Waals surface area contributed by atoms with Gasteiger partial charge in [0.05, 0.1) is 12.5 Å². The van der Waals surface area contributed by atoms with Gasteiger partial charge in [0.2, 0.25) is 5.91 Å². The second kappa shape index (κ2) is 6.18. The van der Waals surface area contributed by atoms with Gasteiger partial charge in [0, 0.05) is 6.42 Å². The lowest BCUT2D eigenvalue weighted by Gasteiger charge is -2.11. The van der Waals surface area contributed by atoms with Crippen molar-refractivity contribution < 1.29 is 9.59 Å². The lowest BCUT2D eigenvalue weighted by molar-refractivity contribution is -0.126. The molecule has 3 nitrogen and oxygen atoms in total. The summed E-state index contributed by atoms with van der Waals surface area (Å²) < 4.78 is 0. The number of benzene rings is 1. The average molecular weight is 233 g/mol. The zero-order chi connectivity index (χ0) is 12.8. The zero-order valence-electron chi connectivity index (χ0n) is 10.6. The number of hydrogen-bond acceptors (Lipinski definition) is 2. The summed E-state index contributed by atoms with van der Waals surface area (Å²) in [6, 6.07) is 7.42. The predicted octanol–water partition coefficient (Wildman–Crippen LogP) is 2.02. The third-order valence-electron chi connectivity index (χ3n) is 2.69. The van der Waals surface area contributed by atoms with E-state index in [1.54, 1.807) is 13.8 Å². The first-order chi connectivity index (χ1) is 8.02. The Hall–Kier alpha value is -1.64. The molecule has 0 heterocycles. The van der Waals surface area contributed by atoms with Crippen LogP contribution in [0.2, 0.25) is 0 Å². The number of carbonyl (C=O) groups is 2. The van der Waals surface area contributed by atoms with Crippen LogP contribution in [0.5, 0.6) is 0 Å². The van der Waals surface area contributed by atoms with Crippen molar-refractivity contribution in [2.45, 2.75) is 39.7 Å². The normalized spacial score (nSPS) is 11.9. The maximum atomic E-state index is 11.7. The van der Waals surface area contributed by atoms with Crippen molar-refractivity contribution in [1.82, 2.24) is 5.32 Å². The maximum Gasteiger partial charge on any atom is 0.224 e. The van der Waals surface area contributed by atoms with Crippen molar-refractivity contribution in [2.75, 3.05) is 0 Å². The number of amides is 1. The summed E-state index contributed by atoms with van der Waals surface area (Å²) in [7, 11) is 0. The van der Waals surface area contributed by atoms with Crippen molar-refractivity contribution in [2.24, 2.45) is 0 Å². The smallest absolute Gasteiger partial charge is 0.224 e. The summed E-state index contributed by atoms with van der Waals surface area (Å²) in [6.45, 7) is 5.52. The van der Waals surface area contributed by atoms with E-state index in [1.807, 2.05) is 31.2 Å². The van der Waals surface area contributed by atoms with Gasteiger partial charge in [-0.15, -0.1) is 0 Å². The molecule has 1 unspecified atom stereocenters. The van der Waals surface area contributed by atoms with Crippen molar-refractivity contribution in [3.05, 3.63) is 35.4 Å². The predicted molar refractivity (Wildman–Crippen MR) is 67.8 cm³/mol. The Bertz CT molecular complexity index is 395. The molecule has 0 radical (unpaired) electrons. The number of hydrogen-bond donors (Lipinski definition) is 1. The number of nitrogens with one attached hydrogen (secondary N) is 1. The van der Waals surface area contributed by atoms with E-state index in [0.717, 1.165) is 5.56 Å². The van der Waals surface area contributed by atoms with E-state index in [1.165, 1.54) is 5.56 Å². The summed E-state index contributed by atoms with van der Waals surface area (Å²) in [6.07, 6.45) is 0.771. The van der Waals surface area contributed by atoms with Crippen LogP contribution in [0, 0.1) is 6.92 Å². The summed E-state index contributed by atoms with van der Waals surface area (Å²) in [5, 5.41) is 2.71. The van der Waals surface area contributed by atoms with Crippen molar-refractivity contribution in [3.8, 4) is 0 Å². The molecule has 0 aliphatic rings. The van der Waals surface area contributed by atoms with Crippen LogP contribution in [0.1, 0.15) is 31.4 Å². The molecule has 1 aromatic rings. The minimum absolute atomic E-state index is 0.0576. The Morgan fingerprint density at radius 2 is 1.82 bits per heavy atom. The van der Waals surface area contributed by atoms with Gasteiger partial charge < -0.3 is 5.32 Å². The molecular formula is C14H19NO2. The Balaban J connectivity index is 2.50. The third-order valence-corrected chi connectivity index (χ3v) is 2.69. The number of Topliss-reactive ketones (excluding diaryl/α,β-unsaturated/α-hetero) is 1. The largest absolute Gasteiger partial charge is 0.346 e. The topological polar surface area (TPSA) is 46.2 Å². The van der Waals surface area contributed by atoms with E-state index in [2.05, 4.69) is 5.32 Å². The van der Waals surface area contributed by atoms with Crippen LogP contribution in [0.4, 0.5) is 0 Å². The molecule has 0 aliphatic heterocycles. The number of rotatable bonds is 5. The Morgan fingerprint density at radius 3 is 2.35 bits per heavy atom. The van der Waals surface area contributed by atoms with Gasteiger partial charge in [0.25, 0.3) is 0 Å². The SMILES string of the molecule is CCC(=O)C(C)NC(=O)Cc1ccc(C)cc1. The molecule has 0 spiro atoms. The highest BCUT2D eigenvalue weighted by atomic mass is 16.2. The number of aryl methyl sites for hydroxylation is 1. The van der Waals surface area contributed by atoms with Crippen LogP contribution in [-0.2, 0) is 16.0 Å². The van der Waals surface area contributed by atoms with Crippen molar-refractivity contribution in [1.29, 1.82) is 0 Å². The Morgan fingerprint density at radius 1 is 1.24 bits per heavy atom. The second-order valence-corrected chi connectivity index (χ2v) is 4.27. The van der Waals surface area contributed by atoms with Gasteiger partial charge >= 0.3 is 0 Å². The first-order valence-corrected chi connectivity index (χ1v) is 5.90. The summed E-state index contributed by atoms with van der Waals surface area (Å²) >= 11 is 0. The van der Waals surface area contributed by atoms with Crippen LogP contribution in [0.3, 0.4) is 0 Å². The summed E-state index contributed by atoms with van der Waals surface area (Å²) in [5.74, 6) is -0.0505. The molecule has 1 N–H and O–H groups in total. The molecule has 0 saturated carbocycles. The monoisotopic (exact) mass is 233 g/mol. The van der Waals surface area contributed by atoms with Crippen LogP contribution >= 0.6 is 0 Å². The molecule has 1 amide bonds. The fourth-order valence-electron chi connectivity index (χ4n) is 1.57. The van der Waals surface area contributed by atoms with Crippen molar-refractivity contribution >= 4 is 11.7 Å². The van der Waals surface area contributed by atoms with E-state index in [-0.39, 0.29) is 11.7 Å². The fraction of sp³-hybridized carbons (Fsp3) is 0.429. The van der Waals surface area contributed by atoms with E-state index in [0.29, 0.717) is 12.8 Å². The molecule has 0 aromatic heterocycles. The number of carbonyl (C=O) groups excluding carboxylic acids is 2. The number of ketones is 1. The minimum atomic E-state index is -0.391. The highest BCUT2D eigenvalue weighted by Crippen LogP contribution is 2.04. The maximum absolute atomic E-state index is 11.7. The molecular weight excluding hydrogens is 214 g/mol. The molecule has 0 fully saturated rings. The van der Waals surface area contributed by atoms with Gasteiger partial charge in [-0.25, -0.2) is 0 Å². The van der Waals surface area contributed by atoms with Gasteiger partial charge in [0.1, 0.15) is 0 Å². The van der Waals surface area contributed by atoms with Crippen LogP contribution in [-0.4, -0.2) is 17.7 Å². The van der Waals surface area contributed by atoms with E-state index in [4.69, 9.17) is 0 Å². The Kier molecular flexibility index (Phi) is 4.88. The molecule has 92 valence electrons. The van der Waals surface area contributed by atoms with Crippen molar-refractivity contribution in [3.63, 3.8) is 0 Å². The summed E-state index contributed by atoms with van der Waals surface area (Å²) in [5.41, 5.74) is 2.13. The van der Waals surface area contributed by atoms with E-state index in [9.17, 15) is 9.59 Å². The highest BCUT2D eigenvalue weighted by Gasteiger charge is 2.13. The van der Waals surface area contributed by atoms with Gasteiger partial charge in [-0.2, -0.15) is 0 Å². The average Bonchev–Trinajstić information content (AvgIpc) is 2.30. The molecule has 17 heavy (non-hydrogen) atoms. The third kappa shape index (κ3) is 4.39. The summed E-state index contributed by atoms with van der Waals surface area (Å²) in [4.78, 5) is 23.0. The lowest BCUT2D eigenvalue weighted by Crippen LogP contribution is -2.39. The fourth-order valence-corrected chi connectivity index (χ4v) is 1.57. The molecule has 1 rings (SSSR count). The first kappa shape index (κ1) is 13.4. The molecule has 1 aromatic carbocycles. The van der Waals surface area contributed by atoms with E-state index < -0.39 is 6.04 Å². The lowest BCUT2D eigenvalue weighted by atomic mass is 10.1. The quantitative estimate of drug-likeness (QED) is 0.845. The molecule has 0 saturated heterocycles. The first-order valence-electron chi connectivity index (χ1n) is 5.90. The molecule has 0 aliphatic carbocycles. The van der Waals surface area contributed by atoms with Gasteiger partial charge in [-0.1, -0.05) is 36.8 Å². The highest BCUT2D eigenvalue weighted by molar-refractivity contribution is 5.89. The zero-order valence-corrected chi connectivity index (χ0v) is 10.6. The van der Waals surface area contributed by atoms with Gasteiger partial charge in [-0.05, 0) is 19.4 Å². The second-order valence-electron chi connectivity index (χ2n) is 4.27.